The summed E-state index contributed by atoms with van der Waals surface area (Å²) in [4.78, 5) is 6.07. The van der Waals surface area contributed by atoms with E-state index in [-0.39, 0.29) is 17.9 Å². The van der Waals surface area contributed by atoms with Crippen LogP contribution in [0, 0.1) is 0 Å². The summed E-state index contributed by atoms with van der Waals surface area (Å²) in [6.07, 6.45) is 0. The van der Waals surface area contributed by atoms with E-state index >= 15 is 0 Å². The van der Waals surface area contributed by atoms with Gasteiger partial charge in [-0.05, 0) is 12.1 Å². The van der Waals surface area contributed by atoms with Crippen molar-refractivity contribution in [1.82, 2.24) is 4.65 Å². The third-order valence-electron chi connectivity index (χ3n) is 3.69. The van der Waals surface area contributed by atoms with Crippen LogP contribution in [0.1, 0.15) is 0 Å². The van der Waals surface area contributed by atoms with Gasteiger partial charge in [-0.15, -0.1) is 4.65 Å². The first-order chi connectivity index (χ1) is 11.3. The minimum Gasteiger partial charge on any atom is -0.390 e. The molecular formula is C18H25N2O3+. The fraction of sp³-hybridized carbons (Fsp3) is 0.333. The van der Waals surface area contributed by atoms with Crippen molar-refractivity contribution in [2.75, 3.05) is 44.8 Å². The summed E-state index contributed by atoms with van der Waals surface area (Å²) in [7, 11) is 0. The Hall–Kier alpha value is -1.92. The summed E-state index contributed by atoms with van der Waals surface area (Å²) in [5.74, 6) is 0. The van der Waals surface area contributed by atoms with E-state index in [1.165, 1.54) is 0 Å². The molecule has 2 rings (SSSR count). The first-order valence-electron chi connectivity index (χ1n) is 7.88. The topological polar surface area (TPSA) is 61.7 Å². The molecule has 0 atom stereocenters. The minimum absolute atomic E-state index is 0.0129. The van der Waals surface area contributed by atoms with Gasteiger partial charge in [0.15, 0.2) is 5.69 Å². The maximum absolute atomic E-state index is 9.43. The minimum atomic E-state index is -0.0129. The van der Waals surface area contributed by atoms with Gasteiger partial charge in [0.05, 0.1) is 13.2 Å². The quantitative estimate of drug-likeness (QED) is 0.356. The lowest BCUT2D eigenvalue weighted by Gasteiger charge is -2.34. The normalized spacial score (nSPS) is 11.4. The second-order valence-electron chi connectivity index (χ2n) is 5.25. The van der Waals surface area contributed by atoms with E-state index in [4.69, 9.17) is 4.84 Å². The molecule has 0 aromatic heterocycles. The average molecular weight is 317 g/mol. The van der Waals surface area contributed by atoms with Crippen LogP contribution in [0.3, 0.4) is 0 Å². The molecule has 2 aromatic rings. The van der Waals surface area contributed by atoms with Gasteiger partial charge in [0, 0.05) is 24.4 Å². The Morgan fingerprint density at radius 2 is 1.39 bits per heavy atom. The van der Waals surface area contributed by atoms with E-state index < -0.39 is 0 Å². The Balaban J connectivity index is 1.99. The lowest BCUT2D eigenvalue weighted by molar-refractivity contribution is -0.154. The third-order valence-corrected chi connectivity index (χ3v) is 3.69. The Labute approximate surface area is 137 Å². The molecule has 0 spiro atoms. The van der Waals surface area contributed by atoms with Gasteiger partial charge < -0.3 is 15.5 Å². The zero-order chi connectivity index (χ0) is 16.4. The molecule has 3 N–H and O–H groups in total. The molecule has 23 heavy (non-hydrogen) atoms. The highest BCUT2D eigenvalue weighted by atomic mass is 16.7. The van der Waals surface area contributed by atoms with E-state index in [9.17, 15) is 10.2 Å². The van der Waals surface area contributed by atoms with Crippen LogP contribution >= 0.6 is 0 Å². The second-order valence-corrected chi connectivity index (χ2v) is 5.25. The van der Waals surface area contributed by atoms with E-state index in [1.807, 2.05) is 60.7 Å². The molecule has 0 aliphatic carbocycles. The van der Waals surface area contributed by atoms with Gasteiger partial charge in [-0.25, -0.2) is 0 Å². The van der Waals surface area contributed by atoms with Crippen LogP contribution in [0.2, 0.25) is 0 Å². The van der Waals surface area contributed by atoms with Crippen LogP contribution in [0.4, 0.5) is 11.4 Å². The van der Waals surface area contributed by atoms with Gasteiger partial charge in [0.25, 0.3) is 0 Å². The number of rotatable bonds is 10. The largest absolute Gasteiger partial charge is 0.390 e. The first kappa shape index (κ1) is 17.4. The molecule has 124 valence electrons. The zero-order valence-electron chi connectivity index (χ0n) is 13.3. The Bertz CT molecular complexity index is 543. The number of nitrogens with zero attached hydrogens (tertiary/aromatic N) is 1. The summed E-state index contributed by atoms with van der Waals surface area (Å²) in [6.45, 7) is 1.88. The molecule has 0 saturated carbocycles. The Morgan fingerprint density at radius 1 is 0.826 bits per heavy atom. The van der Waals surface area contributed by atoms with E-state index in [2.05, 4.69) is 5.32 Å². The van der Waals surface area contributed by atoms with Crippen molar-refractivity contribution < 1.29 is 15.1 Å². The fourth-order valence-electron chi connectivity index (χ4n) is 2.57. The number of hydrogen-bond acceptors (Lipinski definition) is 4. The number of aliphatic hydroxyl groups excluding tert-OH is 2. The number of para-hydroxylation sites is 2. The van der Waals surface area contributed by atoms with E-state index in [0.717, 1.165) is 11.4 Å². The fourth-order valence-corrected chi connectivity index (χ4v) is 2.57. The predicted molar refractivity (Wildman–Crippen MR) is 93.0 cm³/mol. The zero-order valence-corrected chi connectivity index (χ0v) is 13.3. The average Bonchev–Trinajstić information content (AvgIpc) is 2.61. The predicted octanol–water partition coefficient (Wildman–Crippen LogP) is 2.02. The highest BCUT2D eigenvalue weighted by Gasteiger charge is 2.31. The number of hydrogen-bond donors (Lipinski definition) is 3. The van der Waals surface area contributed by atoms with Crippen LogP contribution in [0.25, 0.3) is 0 Å². The monoisotopic (exact) mass is 317 g/mol. The highest BCUT2D eigenvalue weighted by molar-refractivity contribution is 5.42. The first-order valence-corrected chi connectivity index (χ1v) is 7.88. The molecule has 0 bridgehead atoms. The van der Waals surface area contributed by atoms with Crippen LogP contribution in [-0.2, 0) is 4.84 Å². The van der Waals surface area contributed by atoms with Crippen molar-refractivity contribution in [2.24, 2.45) is 0 Å². The smallest absolute Gasteiger partial charge is 0.165 e. The molecule has 0 radical (unpaired) electrons. The molecule has 0 heterocycles. The van der Waals surface area contributed by atoms with Crippen LogP contribution < -0.4 is 9.96 Å². The lowest BCUT2D eigenvalue weighted by atomic mass is 10.2. The third kappa shape index (κ3) is 5.04. The van der Waals surface area contributed by atoms with Crippen LogP contribution in [-0.4, -0.2) is 49.7 Å². The molecule has 0 saturated heterocycles. The standard InChI is InChI=1S/C18H25N2O3/c21-14-12-20(13-15-22,18-9-5-2-6-10-18)23-16-11-19-17-7-3-1-4-8-17/h1-10,19,21-22H,11-16H2/q+1. The van der Waals surface area contributed by atoms with Crippen molar-refractivity contribution in [3.05, 3.63) is 60.7 Å². The summed E-state index contributed by atoms with van der Waals surface area (Å²) in [5.41, 5.74) is 1.97. The Morgan fingerprint density at radius 3 is 1.96 bits per heavy atom. The maximum Gasteiger partial charge on any atom is 0.165 e. The molecule has 5 heteroatoms. The summed E-state index contributed by atoms with van der Waals surface area (Å²) >= 11 is 0. The highest BCUT2D eigenvalue weighted by Crippen LogP contribution is 2.23. The molecule has 2 aromatic carbocycles. The molecule has 0 fully saturated rings. The van der Waals surface area contributed by atoms with Crippen molar-refractivity contribution in [2.45, 2.75) is 0 Å². The molecule has 0 unspecified atom stereocenters. The van der Waals surface area contributed by atoms with Gasteiger partial charge in [-0.3, -0.25) is 0 Å². The Kier molecular flexibility index (Phi) is 7.03. The van der Waals surface area contributed by atoms with Crippen molar-refractivity contribution >= 4 is 11.4 Å². The molecule has 5 nitrogen and oxygen atoms in total. The second kappa shape index (κ2) is 9.27. The lowest BCUT2D eigenvalue weighted by Crippen LogP contribution is -2.53. The maximum atomic E-state index is 9.43. The molecule has 0 amide bonds. The molecular weight excluding hydrogens is 292 g/mol. The number of quaternary nitrogens is 1. The summed E-state index contributed by atoms with van der Waals surface area (Å²) < 4.78 is 0.115. The number of hydroxylamine groups is 2. The van der Waals surface area contributed by atoms with E-state index in [1.54, 1.807) is 0 Å². The SMILES string of the molecule is OCC[N+](CCO)(OCCNc1ccccc1)c1ccccc1. The van der Waals surface area contributed by atoms with Crippen LogP contribution in [0.5, 0.6) is 0 Å². The van der Waals surface area contributed by atoms with Crippen molar-refractivity contribution in [3.8, 4) is 0 Å². The number of aliphatic hydroxyl groups is 2. The van der Waals surface area contributed by atoms with Gasteiger partial charge in [0.2, 0.25) is 0 Å². The van der Waals surface area contributed by atoms with Crippen LogP contribution in [0.15, 0.2) is 60.7 Å². The molecule has 0 aliphatic rings. The van der Waals surface area contributed by atoms with E-state index in [0.29, 0.717) is 26.2 Å². The van der Waals surface area contributed by atoms with Crippen molar-refractivity contribution in [3.63, 3.8) is 0 Å². The molecule has 0 aliphatic heterocycles. The van der Waals surface area contributed by atoms with Gasteiger partial charge in [0.1, 0.15) is 19.7 Å². The van der Waals surface area contributed by atoms with Gasteiger partial charge in [-0.1, -0.05) is 36.4 Å². The summed E-state index contributed by atoms with van der Waals surface area (Å²) in [6, 6.07) is 19.6. The van der Waals surface area contributed by atoms with Crippen molar-refractivity contribution in [1.29, 1.82) is 0 Å². The van der Waals surface area contributed by atoms with Gasteiger partial charge >= 0.3 is 0 Å². The number of anilines is 1. The number of benzene rings is 2. The number of nitrogens with one attached hydrogen (secondary N) is 1. The summed E-state index contributed by atoms with van der Waals surface area (Å²) in [5, 5.41) is 22.2. The van der Waals surface area contributed by atoms with Gasteiger partial charge in [-0.2, -0.15) is 4.84 Å².